The van der Waals surface area contributed by atoms with Crippen molar-refractivity contribution >= 4 is 98.8 Å². The summed E-state index contributed by atoms with van der Waals surface area (Å²) in [4.78, 5) is 5.07. The third-order valence-corrected chi connectivity index (χ3v) is 12.3. The van der Waals surface area contributed by atoms with E-state index >= 15 is 0 Å². The maximum atomic E-state index is 2.54. The van der Waals surface area contributed by atoms with Gasteiger partial charge in [0.1, 0.15) is 0 Å². The van der Waals surface area contributed by atoms with Crippen LogP contribution in [0.25, 0.3) is 64.6 Å². The quantitative estimate of drug-likeness (QED) is 0.0937. The highest BCUT2D eigenvalue weighted by molar-refractivity contribution is 6.26. The van der Waals surface area contributed by atoms with Gasteiger partial charge >= 0.3 is 0 Å². The largest absolute Gasteiger partial charge is 0.309 e. The van der Waals surface area contributed by atoms with Crippen molar-refractivity contribution < 1.29 is 0 Å². The summed E-state index contributed by atoms with van der Waals surface area (Å²) in [5, 5.41) is 14.7. The van der Waals surface area contributed by atoms with E-state index < -0.39 is 0 Å². The first kappa shape index (κ1) is 41.0. The lowest BCUT2D eigenvalue weighted by molar-refractivity contribution is 1.30. The average molecular weight is 815 g/mol. The molecule has 0 N–H and O–H groups in total. The Kier molecular flexibility index (Phi) is 11.4. The fraction of sp³-hybridized carbons (Fsp3) is 0.115. The fourth-order valence-electron chi connectivity index (χ4n) is 9.41. The molecule has 0 aliphatic carbocycles. The molecule has 0 radical (unpaired) electrons. The minimum Gasteiger partial charge on any atom is -0.309 e. The number of aryl methyl sites for hydroxylation is 3. The first-order valence-corrected chi connectivity index (χ1v) is 22.5. The van der Waals surface area contributed by atoms with Crippen LogP contribution in [0.5, 0.6) is 0 Å². The van der Waals surface area contributed by atoms with Crippen LogP contribution in [0.4, 0.5) is 34.1 Å². The highest BCUT2D eigenvalue weighted by Crippen LogP contribution is 2.54. The molecule has 0 aromatic heterocycles. The second-order valence-electron chi connectivity index (χ2n) is 15.9. The smallest absolute Gasteiger partial charge is 0.0620 e. The molecule has 0 amide bonds. The molecule has 0 fully saturated rings. The molecule has 0 bridgehead atoms. The summed E-state index contributed by atoms with van der Waals surface area (Å²) in [5.41, 5.74) is 10.6. The van der Waals surface area contributed by atoms with E-state index in [1.807, 2.05) is 27.7 Å². The Morgan fingerprint density at radius 1 is 0.270 bits per heavy atom. The molecule has 0 unspecified atom stereocenters. The minimum atomic E-state index is 1.11. The van der Waals surface area contributed by atoms with Crippen molar-refractivity contribution in [3.8, 4) is 0 Å². The summed E-state index contributed by atoms with van der Waals surface area (Å²) >= 11 is 0. The Morgan fingerprint density at radius 3 is 1.06 bits per heavy atom. The number of rotatable bonds is 6. The summed E-state index contributed by atoms with van der Waals surface area (Å²) < 4.78 is 0. The van der Waals surface area contributed by atoms with E-state index in [-0.39, 0.29) is 0 Å². The van der Waals surface area contributed by atoms with Crippen molar-refractivity contribution in [2.24, 2.45) is 0 Å². The van der Waals surface area contributed by atoms with Crippen molar-refractivity contribution in [2.75, 3.05) is 9.80 Å². The van der Waals surface area contributed by atoms with Crippen LogP contribution in [0.1, 0.15) is 44.4 Å². The van der Waals surface area contributed by atoms with Crippen LogP contribution in [0.2, 0.25) is 0 Å². The number of fused-ring (bicyclic) bond motifs is 8. The van der Waals surface area contributed by atoms with Crippen LogP contribution < -0.4 is 9.80 Å². The van der Waals surface area contributed by atoms with Gasteiger partial charge in [-0.15, -0.1) is 0 Å². The van der Waals surface area contributed by atoms with Gasteiger partial charge in [0.2, 0.25) is 0 Å². The Hall–Kier alpha value is -7.42. The number of nitrogens with zero attached hydrogens (tertiary/aromatic N) is 2. The van der Waals surface area contributed by atoms with E-state index in [4.69, 9.17) is 0 Å². The predicted octanol–water partition coefficient (Wildman–Crippen LogP) is 18.5. The molecule has 11 aromatic rings. The fourth-order valence-corrected chi connectivity index (χ4v) is 9.41. The number of para-hydroxylation sites is 2. The Bertz CT molecular complexity index is 3420. The van der Waals surface area contributed by atoms with Crippen LogP contribution in [0, 0.1) is 20.8 Å². The van der Waals surface area contributed by atoms with Gasteiger partial charge in [-0.25, -0.2) is 0 Å². The van der Waals surface area contributed by atoms with Crippen LogP contribution in [-0.2, 0) is 0 Å². The standard InChI is InChI=1S/C57H42N2.2C2H6/c1-37-30-31-50-51(32-37)57(59(43-22-8-5-9-23-43)55-36-41-19-11-13-25-45(41)47-27-15-17-29-49(47)55)53-34-39(3)38(2)33-52(53)56(50)58(42-20-6-4-7-21-42)54-35-40-18-10-12-24-44(40)46-26-14-16-28-48(46)54;2*1-2/h4-36H,1-3H3;2*1-2H3. The SMILES string of the molecule is CC.CC.Cc1ccc2c(N(c3ccccc3)c3cc4ccccc4c4ccccc34)c3cc(C)c(C)cc3c(N(c3ccccc3)c3cc4ccccc4c4ccccc34)c2c1. The molecule has 11 rings (SSSR count). The lowest BCUT2D eigenvalue weighted by Crippen LogP contribution is -2.15. The molecular weight excluding hydrogens is 761 g/mol. The third-order valence-electron chi connectivity index (χ3n) is 12.3. The van der Waals surface area contributed by atoms with E-state index in [9.17, 15) is 0 Å². The second-order valence-corrected chi connectivity index (χ2v) is 15.9. The first-order chi connectivity index (χ1) is 31.0. The molecule has 2 nitrogen and oxygen atoms in total. The van der Waals surface area contributed by atoms with Crippen molar-refractivity contribution in [3.05, 3.63) is 217 Å². The summed E-state index contributed by atoms with van der Waals surface area (Å²) in [5.74, 6) is 0. The molecule has 0 saturated heterocycles. The molecule has 63 heavy (non-hydrogen) atoms. The van der Waals surface area contributed by atoms with E-state index in [0.29, 0.717) is 0 Å². The van der Waals surface area contributed by atoms with Crippen LogP contribution in [0.3, 0.4) is 0 Å². The van der Waals surface area contributed by atoms with Gasteiger partial charge in [-0.1, -0.05) is 179 Å². The Labute approximate surface area is 372 Å². The summed E-state index contributed by atoms with van der Waals surface area (Å²) in [6.45, 7) is 14.7. The zero-order valence-electron chi connectivity index (χ0n) is 37.4. The Morgan fingerprint density at radius 2 is 0.619 bits per heavy atom. The first-order valence-electron chi connectivity index (χ1n) is 22.5. The van der Waals surface area contributed by atoms with Crippen molar-refractivity contribution in [3.63, 3.8) is 0 Å². The molecule has 0 heterocycles. The molecule has 0 atom stereocenters. The maximum Gasteiger partial charge on any atom is 0.0620 e. The van der Waals surface area contributed by atoms with Gasteiger partial charge in [0, 0.05) is 43.7 Å². The molecule has 0 aliphatic rings. The van der Waals surface area contributed by atoms with Crippen LogP contribution in [0.15, 0.2) is 200 Å². The van der Waals surface area contributed by atoms with Crippen molar-refractivity contribution in [1.82, 2.24) is 0 Å². The van der Waals surface area contributed by atoms with Gasteiger partial charge in [-0.05, 0) is 119 Å². The summed E-state index contributed by atoms with van der Waals surface area (Å²) in [6, 6.07) is 73.9. The van der Waals surface area contributed by atoms with Gasteiger partial charge < -0.3 is 9.80 Å². The zero-order valence-corrected chi connectivity index (χ0v) is 37.4. The number of hydrogen-bond donors (Lipinski definition) is 0. The van der Waals surface area contributed by atoms with Crippen molar-refractivity contribution in [1.29, 1.82) is 0 Å². The van der Waals surface area contributed by atoms with Gasteiger partial charge in [-0.3, -0.25) is 0 Å². The van der Waals surface area contributed by atoms with E-state index in [2.05, 4.69) is 231 Å². The van der Waals surface area contributed by atoms with E-state index in [0.717, 1.165) is 22.7 Å². The lowest BCUT2D eigenvalue weighted by atomic mass is 9.91. The molecule has 0 spiro atoms. The Balaban J connectivity index is 0.00000123. The number of hydrogen-bond acceptors (Lipinski definition) is 2. The zero-order chi connectivity index (χ0) is 43.6. The topological polar surface area (TPSA) is 6.48 Å². The number of benzene rings is 11. The minimum absolute atomic E-state index is 1.11. The van der Waals surface area contributed by atoms with E-state index in [1.165, 1.54) is 92.7 Å². The lowest BCUT2D eigenvalue weighted by Gasteiger charge is -2.34. The van der Waals surface area contributed by atoms with Gasteiger partial charge in [0.25, 0.3) is 0 Å². The highest BCUT2D eigenvalue weighted by atomic mass is 15.2. The summed E-state index contributed by atoms with van der Waals surface area (Å²) in [7, 11) is 0. The molecule has 308 valence electrons. The van der Waals surface area contributed by atoms with Crippen molar-refractivity contribution in [2.45, 2.75) is 48.5 Å². The summed E-state index contributed by atoms with van der Waals surface area (Å²) in [6.07, 6.45) is 0. The highest BCUT2D eigenvalue weighted by Gasteiger charge is 2.28. The third kappa shape index (κ3) is 7.12. The molecule has 2 heteroatoms. The van der Waals surface area contributed by atoms with Gasteiger partial charge in [0.05, 0.1) is 22.7 Å². The average Bonchev–Trinajstić information content (AvgIpc) is 3.35. The van der Waals surface area contributed by atoms with Gasteiger partial charge in [0.15, 0.2) is 0 Å². The monoisotopic (exact) mass is 814 g/mol. The van der Waals surface area contributed by atoms with Crippen LogP contribution in [-0.4, -0.2) is 0 Å². The normalized spacial score (nSPS) is 11.1. The van der Waals surface area contributed by atoms with Crippen LogP contribution >= 0.6 is 0 Å². The number of anilines is 6. The predicted molar refractivity (Wildman–Crippen MR) is 278 cm³/mol. The molecular formula is C61H54N2. The maximum absolute atomic E-state index is 2.54. The molecule has 0 aliphatic heterocycles. The molecule has 11 aromatic carbocycles. The molecule has 0 saturated carbocycles. The van der Waals surface area contributed by atoms with E-state index in [1.54, 1.807) is 0 Å². The van der Waals surface area contributed by atoms with Gasteiger partial charge in [-0.2, -0.15) is 0 Å². The second kappa shape index (κ2) is 17.5.